The van der Waals surface area contributed by atoms with Crippen molar-refractivity contribution in [1.29, 1.82) is 0 Å². The fourth-order valence-corrected chi connectivity index (χ4v) is 1.38. The van der Waals surface area contributed by atoms with Crippen molar-refractivity contribution in [3.05, 3.63) is 60.2 Å². The number of aryl methyl sites for hydroxylation is 1. The Balaban J connectivity index is 0.000000531. The van der Waals surface area contributed by atoms with Crippen molar-refractivity contribution in [3.8, 4) is 11.1 Å². The lowest BCUT2D eigenvalue weighted by molar-refractivity contribution is 0.399. The number of rotatable bonds is 1. The third-order valence-corrected chi connectivity index (χ3v) is 2.16. The van der Waals surface area contributed by atoms with E-state index >= 15 is 0 Å². The molecule has 0 unspecified atom stereocenters. The van der Waals surface area contributed by atoms with Gasteiger partial charge in [0, 0.05) is 7.11 Å². The molecule has 0 atom stereocenters. The highest BCUT2D eigenvalue weighted by Crippen LogP contribution is 2.18. The first-order chi connectivity index (χ1) is 7.36. The first kappa shape index (κ1) is 11.5. The molecular formula is C14H16O. The molecule has 0 fully saturated rings. The van der Waals surface area contributed by atoms with Crippen molar-refractivity contribution in [1.82, 2.24) is 0 Å². The fraction of sp³-hybridized carbons (Fsp3) is 0.143. The highest BCUT2D eigenvalue weighted by atomic mass is 16.2. The first-order valence-electron chi connectivity index (χ1n) is 4.93. The van der Waals surface area contributed by atoms with E-state index in [-0.39, 0.29) is 0 Å². The zero-order chi connectivity index (χ0) is 11.1. The standard InChI is InChI=1S/C13H12.CH4O/c1-11-7-9-13(10-8-11)12-5-3-2-4-6-12;1-2/h2-10H,1H3;2H,1H3. The van der Waals surface area contributed by atoms with Gasteiger partial charge in [0.05, 0.1) is 0 Å². The largest absolute Gasteiger partial charge is 0.400 e. The minimum absolute atomic E-state index is 1.00. The van der Waals surface area contributed by atoms with Crippen LogP contribution in [0.1, 0.15) is 5.56 Å². The van der Waals surface area contributed by atoms with Crippen LogP contribution < -0.4 is 0 Å². The molecule has 0 aliphatic heterocycles. The summed E-state index contributed by atoms with van der Waals surface area (Å²) < 4.78 is 0. The summed E-state index contributed by atoms with van der Waals surface area (Å²) in [5.74, 6) is 0. The molecule has 0 amide bonds. The molecule has 1 nitrogen and oxygen atoms in total. The van der Waals surface area contributed by atoms with Crippen LogP contribution in [0.2, 0.25) is 0 Å². The van der Waals surface area contributed by atoms with E-state index in [1.807, 2.05) is 6.07 Å². The maximum Gasteiger partial charge on any atom is 0.0319 e. The second kappa shape index (κ2) is 5.99. The van der Waals surface area contributed by atoms with Gasteiger partial charge in [-0.05, 0) is 18.1 Å². The van der Waals surface area contributed by atoms with Gasteiger partial charge in [-0.3, -0.25) is 0 Å². The molecule has 0 bridgehead atoms. The van der Waals surface area contributed by atoms with Crippen LogP contribution in [0.25, 0.3) is 11.1 Å². The van der Waals surface area contributed by atoms with E-state index in [0.717, 1.165) is 7.11 Å². The molecular weight excluding hydrogens is 184 g/mol. The summed E-state index contributed by atoms with van der Waals surface area (Å²) in [6.07, 6.45) is 0. The molecule has 1 heteroatoms. The molecule has 0 radical (unpaired) electrons. The van der Waals surface area contributed by atoms with Crippen LogP contribution >= 0.6 is 0 Å². The highest BCUT2D eigenvalue weighted by molar-refractivity contribution is 5.63. The molecule has 0 aliphatic rings. The van der Waals surface area contributed by atoms with Crippen LogP contribution in [-0.2, 0) is 0 Å². The van der Waals surface area contributed by atoms with E-state index in [1.54, 1.807) is 0 Å². The predicted molar refractivity (Wildman–Crippen MR) is 64.8 cm³/mol. The van der Waals surface area contributed by atoms with Crippen molar-refractivity contribution in [2.24, 2.45) is 0 Å². The molecule has 0 aliphatic carbocycles. The monoisotopic (exact) mass is 200 g/mol. The van der Waals surface area contributed by atoms with Gasteiger partial charge in [0.2, 0.25) is 0 Å². The number of hydrogen-bond donors (Lipinski definition) is 1. The summed E-state index contributed by atoms with van der Waals surface area (Å²) in [6, 6.07) is 19.0. The van der Waals surface area contributed by atoms with Gasteiger partial charge in [0.1, 0.15) is 0 Å². The van der Waals surface area contributed by atoms with Crippen molar-refractivity contribution in [2.75, 3.05) is 7.11 Å². The number of benzene rings is 2. The molecule has 0 spiro atoms. The molecule has 1 N–H and O–H groups in total. The van der Waals surface area contributed by atoms with Crippen LogP contribution in [-0.4, -0.2) is 12.2 Å². The summed E-state index contributed by atoms with van der Waals surface area (Å²) in [5, 5.41) is 7.00. The van der Waals surface area contributed by atoms with Crippen molar-refractivity contribution in [3.63, 3.8) is 0 Å². The third-order valence-electron chi connectivity index (χ3n) is 2.16. The lowest BCUT2D eigenvalue weighted by Gasteiger charge is -2.00. The molecule has 2 rings (SSSR count). The van der Waals surface area contributed by atoms with Crippen LogP contribution in [0.15, 0.2) is 54.6 Å². The van der Waals surface area contributed by atoms with Gasteiger partial charge in [0.25, 0.3) is 0 Å². The van der Waals surface area contributed by atoms with Gasteiger partial charge in [-0.15, -0.1) is 0 Å². The van der Waals surface area contributed by atoms with Gasteiger partial charge in [-0.2, -0.15) is 0 Å². The van der Waals surface area contributed by atoms with Crippen LogP contribution in [0.3, 0.4) is 0 Å². The maximum absolute atomic E-state index is 7.00. The quantitative estimate of drug-likeness (QED) is 0.749. The van der Waals surface area contributed by atoms with Gasteiger partial charge in [-0.1, -0.05) is 60.2 Å². The van der Waals surface area contributed by atoms with Gasteiger partial charge < -0.3 is 5.11 Å². The molecule has 15 heavy (non-hydrogen) atoms. The zero-order valence-corrected chi connectivity index (χ0v) is 9.14. The van der Waals surface area contributed by atoms with Crippen LogP contribution in [0.4, 0.5) is 0 Å². The van der Waals surface area contributed by atoms with Crippen molar-refractivity contribution < 1.29 is 5.11 Å². The minimum Gasteiger partial charge on any atom is -0.400 e. The fourth-order valence-electron chi connectivity index (χ4n) is 1.38. The summed E-state index contributed by atoms with van der Waals surface area (Å²) in [6.45, 7) is 2.11. The Kier molecular flexibility index (Phi) is 4.58. The summed E-state index contributed by atoms with van der Waals surface area (Å²) in [7, 11) is 1.00. The zero-order valence-electron chi connectivity index (χ0n) is 9.14. The summed E-state index contributed by atoms with van der Waals surface area (Å²) in [4.78, 5) is 0. The second-order valence-corrected chi connectivity index (χ2v) is 3.23. The minimum atomic E-state index is 1.00. The van der Waals surface area contributed by atoms with Crippen LogP contribution in [0, 0.1) is 6.92 Å². The normalized spacial score (nSPS) is 9.00. The number of aliphatic hydroxyl groups is 1. The molecule has 0 saturated heterocycles. The average Bonchev–Trinajstić information content (AvgIpc) is 2.34. The van der Waals surface area contributed by atoms with Gasteiger partial charge in [-0.25, -0.2) is 0 Å². The molecule has 2 aromatic carbocycles. The Morgan fingerprint density at radius 2 is 1.13 bits per heavy atom. The lowest BCUT2D eigenvalue weighted by Crippen LogP contribution is -1.76. The summed E-state index contributed by atoms with van der Waals surface area (Å²) >= 11 is 0. The first-order valence-corrected chi connectivity index (χ1v) is 4.93. The van der Waals surface area contributed by atoms with Crippen molar-refractivity contribution >= 4 is 0 Å². The van der Waals surface area contributed by atoms with E-state index in [2.05, 4.69) is 55.5 Å². The Morgan fingerprint density at radius 1 is 0.667 bits per heavy atom. The Morgan fingerprint density at radius 3 is 1.67 bits per heavy atom. The Hall–Kier alpha value is -1.60. The van der Waals surface area contributed by atoms with E-state index in [9.17, 15) is 0 Å². The summed E-state index contributed by atoms with van der Waals surface area (Å²) in [5.41, 5.74) is 3.87. The smallest absolute Gasteiger partial charge is 0.0319 e. The average molecular weight is 200 g/mol. The topological polar surface area (TPSA) is 20.2 Å². The Bertz CT molecular complexity index is 376. The van der Waals surface area contributed by atoms with Crippen LogP contribution in [0.5, 0.6) is 0 Å². The lowest BCUT2D eigenvalue weighted by atomic mass is 10.0. The van der Waals surface area contributed by atoms with E-state index in [0.29, 0.717) is 0 Å². The second-order valence-electron chi connectivity index (χ2n) is 3.23. The van der Waals surface area contributed by atoms with Gasteiger partial charge in [0.15, 0.2) is 0 Å². The third kappa shape index (κ3) is 3.22. The molecule has 78 valence electrons. The predicted octanol–water partition coefficient (Wildman–Crippen LogP) is 3.27. The Labute approximate surface area is 91.0 Å². The molecule has 0 aromatic heterocycles. The van der Waals surface area contributed by atoms with E-state index < -0.39 is 0 Å². The molecule has 0 saturated carbocycles. The molecule has 2 aromatic rings. The number of aliphatic hydroxyl groups excluding tert-OH is 1. The highest BCUT2D eigenvalue weighted by Gasteiger charge is 1.93. The van der Waals surface area contributed by atoms with Gasteiger partial charge >= 0.3 is 0 Å². The number of hydrogen-bond acceptors (Lipinski definition) is 1. The van der Waals surface area contributed by atoms with Crippen molar-refractivity contribution in [2.45, 2.75) is 6.92 Å². The van der Waals surface area contributed by atoms with E-state index in [1.165, 1.54) is 16.7 Å². The SMILES string of the molecule is CO.Cc1ccc(-c2ccccc2)cc1. The molecule has 0 heterocycles. The maximum atomic E-state index is 7.00. The van der Waals surface area contributed by atoms with E-state index in [4.69, 9.17) is 5.11 Å².